The molecular formula is C17H24N4O2. The maximum Gasteiger partial charge on any atom is 0.271 e. The molecule has 6 heteroatoms. The highest BCUT2D eigenvalue weighted by molar-refractivity contribution is 5.92. The second-order valence-electron chi connectivity index (χ2n) is 5.69. The van der Waals surface area contributed by atoms with Gasteiger partial charge in [0, 0.05) is 12.7 Å². The Morgan fingerprint density at radius 1 is 1.30 bits per heavy atom. The molecule has 0 spiro atoms. The van der Waals surface area contributed by atoms with Gasteiger partial charge in [-0.25, -0.2) is 4.68 Å². The van der Waals surface area contributed by atoms with E-state index in [1.807, 2.05) is 45.3 Å². The van der Waals surface area contributed by atoms with Crippen LogP contribution in [0.4, 0.5) is 0 Å². The van der Waals surface area contributed by atoms with Crippen molar-refractivity contribution in [2.75, 3.05) is 27.2 Å². The highest BCUT2D eigenvalue weighted by Gasteiger charge is 2.09. The number of hydrogen-bond acceptors (Lipinski definition) is 4. The molecule has 1 aromatic carbocycles. The number of para-hydroxylation sites is 1. The number of aryl methyl sites for hydroxylation is 1. The van der Waals surface area contributed by atoms with Gasteiger partial charge < -0.3 is 15.0 Å². The quantitative estimate of drug-likeness (QED) is 0.756. The molecule has 0 aliphatic heterocycles. The van der Waals surface area contributed by atoms with E-state index in [4.69, 9.17) is 4.74 Å². The molecule has 0 saturated heterocycles. The molecule has 0 aliphatic carbocycles. The number of nitrogens with one attached hydrogen (secondary N) is 1. The molecule has 2 aromatic rings. The Balaban J connectivity index is 1.81. The van der Waals surface area contributed by atoms with Crippen LogP contribution in [-0.2, 0) is 6.73 Å². The summed E-state index contributed by atoms with van der Waals surface area (Å²) in [4.78, 5) is 14.1. The van der Waals surface area contributed by atoms with Crippen molar-refractivity contribution in [2.45, 2.75) is 20.1 Å². The van der Waals surface area contributed by atoms with Crippen LogP contribution in [-0.4, -0.2) is 47.8 Å². The van der Waals surface area contributed by atoms with Gasteiger partial charge in [-0.15, -0.1) is 0 Å². The standard InChI is InChI=1S/C17H24N4O2/c1-14-7-4-5-8-16(14)23-13-21-12-9-15(19-21)17(22)18-10-6-11-20(2)3/h4-5,7-9,12H,6,10-11,13H2,1-3H3,(H,18,22). The van der Waals surface area contributed by atoms with Crippen LogP contribution in [0.2, 0.25) is 0 Å². The fourth-order valence-electron chi connectivity index (χ4n) is 2.10. The van der Waals surface area contributed by atoms with Crippen molar-refractivity contribution in [1.29, 1.82) is 0 Å². The van der Waals surface area contributed by atoms with Crippen molar-refractivity contribution >= 4 is 5.91 Å². The van der Waals surface area contributed by atoms with Crippen molar-refractivity contribution in [2.24, 2.45) is 0 Å². The van der Waals surface area contributed by atoms with Gasteiger partial charge >= 0.3 is 0 Å². The Kier molecular flexibility index (Phi) is 6.17. The van der Waals surface area contributed by atoms with Crippen LogP contribution in [0, 0.1) is 6.92 Å². The monoisotopic (exact) mass is 316 g/mol. The van der Waals surface area contributed by atoms with Gasteiger partial charge in [-0.05, 0) is 51.7 Å². The maximum atomic E-state index is 12.0. The zero-order chi connectivity index (χ0) is 16.7. The Bertz CT molecular complexity index is 637. The van der Waals surface area contributed by atoms with Gasteiger partial charge in [0.2, 0.25) is 0 Å². The molecular weight excluding hydrogens is 292 g/mol. The molecule has 0 saturated carbocycles. The Morgan fingerprint density at radius 3 is 2.83 bits per heavy atom. The molecule has 23 heavy (non-hydrogen) atoms. The third-order valence-electron chi connectivity index (χ3n) is 3.39. The minimum atomic E-state index is -0.154. The lowest BCUT2D eigenvalue weighted by molar-refractivity contribution is 0.0945. The van der Waals surface area contributed by atoms with Crippen molar-refractivity contribution in [3.8, 4) is 5.75 Å². The first kappa shape index (κ1) is 17.0. The van der Waals surface area contributed by atoms with Gasteiger partial charge in [-0.2, -0.15) is 5.10 Å². The minimum absolute atomic E-state index is 0.154. The zero-order valence-electron chi connectivity index (χ0n) is 14.0. The molecule has 2 rings (SSSR count). The summed E-state index contributed by atoms with van der Waals surface area (Å²) >= 11 is 0. The van der Waals surface area contributed by atoms with Gasteiger partial charge in [0.15, 0.2) is 6.73 Å². The molecule has 0 bridgehead atoms. The summed E-state index contributed by atoms with van der Waals surface area (Å²) in [6.07, 6.45) is 2.66. The van der Waals surface area contributed by atoms with E-state index >= 15 is 0 Å². The van der Waals surface area contributed by atoms with E-state index in [9.17, 15) is 4.79 Å². The molecule has 1 amide bonds. The molecule has 0 fully saturated rings. The molecule has 0 unspecified atom stereocenters. The zero-order valence-corrected chi connectivity index (χ0v) is 14.0. The second kappa shape index (κ2) is 8.33. The van der Waals surface area contributed by atoms with Gasteiger partial charge in [0.25, 0.3) is 5.91 Å². The first-order valence-electron chi connectivity index (χ1n) is 7.71. The van der Waals surface area contributed by atoms with Crippen LogP contribution in [0.3, 0.4) is 0 Å². The summed E-state index contributed by atoms with van der Waals surface area (Å²) in [6, 6.07) is 9.50. The molecule has 6 nitrogen and oxygen atoms in total. The smallest absolute Gasteiger partial charge is 0.271 e. The molecule has 0 atom stereocenters. The van der Waals surface area contributed by atoms with E-state index in [2.05, 4.69) is 15.3 Å². The van der Waals surface area contributed by atoms with Crippen molar-refractivity contribution in [3.05, 3.63) is 47.8 Å². The summed E-state index contributed by atoms with van der Waals surface area (Å²) in [6.45, 7) is 3.85. The van der Waals surface area contributed by atoms with Crippen molar-refractivity contribution in [3.63, 3.8) is 0 Å². The lowest BCUT2D eigenvalue weighted by Gasteiger charge is -2.09. The molecule has 1 heterocycles. The molecule has 1 N–H and O–H groups in total. The molecule has 0 radical (unpaired) electrons. The van der Waals surface area contributed by atoms with E-state index in [1.54, 1.807) is 16.9 Å². The minimum Gasteiger partial charge on any atom is -0.471 e. The third-order valence-corrected chi connectivity index (χ3v) is 3.39. The first-order chi connectivity index (χ1) is 11.1. The van der Waals surface area contributed by atoms with E-state index in [0.29, 0.717) is 12.2 Å². The highest BCUT2D eigenvalue weighted by atomic mass is 16.5. The molecule has 1 aromatic heterocycles. The first-order valence-corrected chi connectivity index (χ1v) is 7.71. The average Bonchev–Trinajstić information content (AvgIpc) is 2.99. The van der Waals surface area contributed by atoms with E-state index < -0.39 is 0 Å². The number of amides is 1. The number of rotatable bonds is 8. The van der Waals surface area contributed by atoms with Crippen LogP contribution in [0.5, 0.6) is 5.75 Å². The number of benzene rings is 1. The lowest BCUT2D eigenvalue weighted by atomic mass is 10.2. The molecule has 124 valence electrons. The number of aromatic nitrogens is 2. The second-order valence-corrected chi connectivity index (χ2v) is 5.69. The SMILES string of the molecule is Cc1ccccc1OCn1ccc(C(=O)NCCCN(C)C)n1. The fourth-order valence-corrected chi connectivity index (χ4v) is 2.10. The number of carbonyl (C=O) groups is 1. The van der Waals surface area contributed by atoms with Crippen molar-refractivity contribution in [1.82, 2.24) is 20.0 Å². The maximum absolute atomic E-state index is 12.0. The predicted octanol–water partition coefficient (Wildman–Crippen LogP) is 1.91. The lowest BCUT2D eigenvalue weighted by Crippen LogP contribution is -2.27. The molecule has 0 aliphatic rings. The van der Waals surface area contributed by atoms with Crippen LogP contribution < -0.4 is 10.1 Å². The summed E-state index contributed by atoms with van der Waals surface area (Å²) in [5.74, 6) is 0.663. The van der Waals surface area contributed by atoms with Gasteiger partial charge in [-0.3, -0.25) is 4.79 Å². The van der Waals surface area contributed by atoms with Gasteiger partial charge in [0.05, 0.1) is 0 Å². The third kappa shape index (κ3) is 5.41. The van der Waals surface area contributed by atoms with Gasteiger partial charge in [-0.1, -0.05) is 18.2 Å². The fraction of sp³-hybridized carbons (Fsp3) is 0.412. The van der Waals surface area contributed by atoms with Crippen LogP contribution in [0.15, 0.2) is 36.5 Å². The normalized spacial score (nSPS) is 10.8. The number of carbonyl (C=O) groups excluding carboxylic acids is 1. The Morgan fingerprint density at radius 2 is 2.09 bits per heavy atom. The summed E-state index contributed by atoms with van der Waals surface area (Å²) in [5, 5.41) is 7.11. The van der Waals surface area contributed by atoms with Crippen molar-refractivity contribution < 1.29 is 9.53 Å². The number of ether oxygens (including phenoxy) is 1. The Labute approximate surface area is 137 Å². The summed E-state index contributed by atoms with van der Waals surface area (Å²) in [5.41, 5.74) is 1.47. The largest absolute Gasteiger partial charge is 0.471 e. The Hall–Kier alpha value is -2.34. The van der Waals surface area contributed by atoms with Crippen LogP contribution in [0.1, 0.15) is 22.5 Å². The van der Waals surface area contributed by atoms with E-state index in [-0.39, 0.29) is 12.6 Å². The summed E-state index contributed by atoms with van der Waals surface area (Å²) < 4.78 is 7.32. The van der Waals surface area contributed by atoms with E-state index in [0.717, 1.165) is 24.3 Å². The van der Waals surface area contributed by atoms with Crippen LogP contribution in [0.25, 0.3) is 0 Å². The average molecular weight is 316 g/mol. The number of nitrogens with zero attached hydrogens (tertiary/aromatic N) is 3. The predicted molar refractivity (Wildman–Crippen MR) is 89.5 cm³/mol. The summed E-state index contributed by atoms with van der Waals surface area (Å²) in [7, 11) is 4.02. The number of hydrogen-bond donors (Lipinski definition) is 1. The van der Waals surface area contributed by atoms with Crippen LogP contribution >= 0.6 is 0 Å². The van der Waals surface area contributed by atoms with Gasteiger partial charge in [0.1, 0.15) is 11.4 Å². The topological polar surface area (TPSA) is 59.4 Å². The highest BCUT2D eigenvalue weighted by Crippen LogP contribution is 2.16. The van der Waals surface area contributed by atoms with E-state index in [1.165, 1.54) is 0 Å².